The lowest BCUT2D eigenvalue weighted by atomic mass is 10.2. The van der Waals surface area contributed by atoms with Crippen LogP contribution in [0.2, 0.25) is 0 Å². The van der Waals surface area contributed by atoms with E-state index in [2.05, 4.69) is 15.9 Å². The zero-order valence-electron chi connectivity index (χ0n) is 7.41. The number of carbonyl (C=O) groups excluding carboxylic acids is 1. The molecule has 72 valence electrons. The summed E-state index contributed by atoms with van der Waals surface area (Å²) in [6.07, 6.45) is 0.871. The maximum Gasteiger partial charge on any atom is 0.151 e. The van der Waals surface area contributed by atoms with Crippen molar-refractivity contribution in [3.8, 4) is 5.75 Å². The largest absolute Gasteiger partial charge is 0.497 e. The number of fused-ring (bicyclic) bond motifs is 1. The Morgan fingerprint density at radius 3 is 2.93 bits per heavy atom. The van der Waals surface area contributed by atoms with E-state index < -0.39 is 0 Å². The van der Waals surface area contributed by atoms with Gasteiger partial charge < -0.3 is 4.74 Å². The van der Waals surface area contributed by atoms with Crippen molar-refractivity contribution in [2.75, 3.05) is 7.11 Å². The molecule has 0 amide bonds. The maximum absolute atomic E-state index is 10.7. The second-order valence-corrected chi connectivity index (χ2v) is 4.56. The average Bonchev–Trinajstić information content (AvgIpc) is 2.61. The number of methoxy groups -OCH3 is 1. The highest BCUT2D eigenvalue weighted by molar-refractivity contribution is 9.10. The summed E-state index contributed by atoms with van der Waals surface area (Å²) < 4.78 is 7.09. The zero-order valence-corrected chi connectivity index (χ0v) is 9.81. The van der Waals surface area contributed by atoms with Crippen LogP contribution >= 0.6 is 27.3 Å². The van der Waals surface area contributed by atoms with E-state index in [0.29, 0.717) is 0 Å². The van der Waals surface area contributed by atoms with Gasteiger partial charge in [0.15, 0.2) is 6.29 Å². The third-order valence-corrected chi connectivity index (χ3v) is 3.56. The zero-order chi connectivity index (χ0) is 10.1. The maximum atomic E-state index is 10.7. The summed E-state index contributed by atoms with van der Waals surface area (Å²) >= 11 is 4.97. The van der Waals surface area contributed by atoms with E-state index in [1.807, 2.05) is 17.5 Å². The number of hydrogen-bond acceptors (Lipinski definition) is 3. The van der Waals surface area contributed by atoms with Gasteiger partial charge in [-0.1, -0.05) is 0 Å². The molecule has 0 atom stereocenters. The van der Waals surface area contributed by atoms with Crippen molar-refractivity contribution in [1.82, 2.24) is 0 Å². The van der Waals surface area contributed by atoms with Crippen LogP contribution in [0.25, 0.3) is 10.1 Å². The molecule has 1 aromatic carbocycles. The SMILES string of the molecule is COc1cc(Br)c2c(C=O)csc2c1. The number of rotatable bonds is 2. The van der Waals surface area contributed by atoms with Gasteiger partial charge in [-0.2, -0.15) is 0 Å². The number of carbonyl (C=O) groups is 1. The topological polar surface area (TPSA) is 26.3 Å². The monoisotopic (exact) mass is 270 g/mol. The molecule has 0 spiro atoms. The molecule has 0 aliphatic carbocycles. The lowest BCUT2D eigenvalue weighted by Gasteiger charge is -2.01. The predicted molar refractivity (Wildman–Crippen MR) is 61.5 cm³/mol. The van der Waals surface area contributed by atoms with Crippen molar-refractivity contribution in [2.45, 2.75) is 0 Å². The molecule has 0 saturated heterocycles. The Morgan fingerprint density at radius 2 is 2.29 bits per heavy atom. The normalized spacial score (nSPS) is 10.4. The fourth-order valence-corrected chi connectivity index (χ4v) is 3.08. The van der Waals surface area contributed by atoms with Gasteiger partial charge in [0.2, 0.25) is 0 Å². The molecule has 4 heteroatoms. The predicted octanol–water partition coefficient (Wildman–Crippen LogP) is 3.48. The van der Waals surface area contributed by atoms with Gasteiger partial charge in [0, 0.05) is 25.5 Å². The summed E-state index contributed by atoms with van der Waals surface area (Å²) in [4.78, 5) is 10.7. The molecule has 0 unspecified atom stereocenters. The Kier molecular flexibility index (Phi) is 2.56. The fourth-order valence-electron chi connectivity index (χ4n) is 1.32. The molecule has 0 fully saturated rings. The molecule has 1 heterocycles. The van der Waals surface area contributed by atoms with Crippen molar-refractivity contribution in [1.29, 1.82) is 0 Å². The first-order valence-electron chi connectivity index (χ1n) is 3.96. The summed E-state index contributed by atoms with van der Waals surface area (Å²) in [5.41, 5.74) is 0.722. The molecule has 0 N–H and O–H groups in total. The summed E-state index contributed by atoms with van der Waals surface area (Å²) in [5.74, 6) is 0.795. The van der Waals surface area contributed by atoms with E-state index in [4.69, 9.17) is 4.74 Å². The van der Waals surface area contributed by atoms with E-state index in [1.54, 1.807) is 18.4 Å². The van der Waals surface area contributed by atoms with Crippen LogP contribution < -0.4 is 4.74 Å². The summed E-state index contributed by atoms with van der Waals surface area (Å²) in [7, 11) is 1.63. The summed E-state index contributed by atoms with van der Waals surface area (Å²) in [5, 5.41) is 2.81. The third-order valence-electron chi connectivity index (χ3n) is 1.99. The van der Waals surface area contributed by atoms with E-state index in [0.717, 1.165) is 32.2 Å². The van der Waals surface area contributed by atoms with Crippen LogP contribution in [0.4, 0.5) is 0 Å². The number of benzene rings is 1. The van der Waals surface area contributed by atoms with Gasteiger partial charge in [-0.15, -0.1) is 11.3 Å². The van der Waals surface area contributed by atoms with Crippen LogP contribution in [0.3, 0.4) is 0 Å². The minimum absolute atomic E-state index is 0.722. The molecule has 0 aliphatic heterocycles. The molecule has 1 aromatic heterocycles. The Morgan fingerprint density at radius 1 is 1.50 bits per heavy atom. The van der Waals surface area contributed by atoms with Crippen molar-refractivity contribution in [3.05, 3.63) is 27.5 Å². The minimum Gasteiger partial charge on any atom is -0.497 e. The number of halogens is 1. The molecule has 0 radical (unpaired) electrons. The molecule has 2 nitrogen and oxygen atoms in total. The number of thiophene rings is 1. The van der Waals surface area contributed by atoms with Gasteiger partial charge in [0.25, 0.3) is 0 Å². The van der Waals surface area contributed by atoms with Crippen LogP contribution in [0.15, 0.2) is 22.0 Å². The van der Waals surface area contributed by atoms with Crippen molar-refractivity contribution in [2.24, 2.45) is 0 Å². The van der Waals surface area contributed by atoms with Crippen molar-refractivity contribution < 1.29 is 9.53 Å². The first kappa shape index (κ1) is 9.68. The highest BCUT2D eigenvalue weighted by Gasteiger charge is 2.08. The van der Waals surface area contributed by atoms with Gasteiger partial charge in [0.05, 0.1) is 7.11 Å². The van der Waals surface area contributed by atoms with E-state index in [9.17, 15) is 4.79 Å². The number of aldehydes is 1. The quantitative estimate of drug-likeness (QED) is 0.781. The van der Waals surface area contributed by atoms with Crippen LogP contribution in [-0.2, 0) is 0 Å². The van der Waals surface area contributed by atoms with Gasteiger partial charge in [-0.05, 0) is 28.1 Å². The van der Waals surface area contributed by atoms with Crippen LogP contribution in [0.1, 0.15) is 10.4 Å². The molecule has 0 bridgehead atoms. The lowest BCUT2D eigenvalue weighted by Crippen LogP contribution is -1.83. The molecule has 2 rings (SSSR count). The standard InChI is InChI=1S/C10H7BrO2S/c1-13-7-2-8(11)10-6(4-12)5-14-9(10)3-7/h2-5H,1H3. The van der Waals surface area contributed by atoms with Gasteiger partial charge >= 0.3 is 0 Å². The molecule has 0 aliphatic rings. The summed E-state index contributed by atoms with van der Waals surface area (Å²) in [6.45, 7) is 0. The molecular weight excluding hydrogens is 264 g/mol. The summed E-state index contributed by atoms with van der Waals surface area (Å²) in [6, 6.07) is 3.79. The molecule has 14 heavy (non-hydrogen) atoms. The van der Waals surface area contributed by atoms with Crippen LogP contribution in [0.5, 0.6) is 5.75 Å². The average molecular weight is 271 g/mol. The Labute approximate surface area is 93.6 Å². The van der Waals surface area contributed by atoms with E-state index in [1.165, 1.54) is 0 Å². The highest BCUT2D eigenvalue weighted by atomic mass is 79.9. The second kappa shape index (κ2) is 3.71. The van der Waals surface area contributed by atoms with E-state index in [-0.39, 0.29) is 0 Å². The second-order valence-electron chi connectivity index (χ2n) is 2.79. The van der Waals surface area contributed by atoms with Crippen LogP contribution in [0, 0.1) is 0 Å². The minimum atomic E-state index is 0.722. The van der Waals surface area contributed by atoms with Crippen molar-refractivity contribution >= 4 is 43.6 Å². The third kappa shape index (κ3) is 1.44. The first-order chi connectivity index (χ1) is 6.76. The molecule has 2 aromatic rings. The molecular formula is C10H7BrO2S. The smallest absolute Gasteiger partial charge is 0.151 e. The Bertz CT molecular complexity index is 490. The van der Waals surface area contributed by atoms with Crippen molar-refractivity contribution in [3.63, 3.8) is 0 Å². The van der Waals surface area contributed by atoms with Gasteiger partial charge in [0.1, 0.15) is 5.75 Å². The van der Waals surface area contributed by atoms with Crippen LogP contribution in [-0.4, -0.2) is 13.4 Å². The first-order valence-corrected chi connectivity index (χ1v) is 5.63. The van der Waals surface area contributed by atoms with Gasteiger partial charge in [-0.25, -0.2) is 0 Å². The Hall–Kier alpha value is -0.870. The highest BCUT2D eigenvalue weighted by Crippen LogP contribution is 2.35. The van der Waals surface area contributed by atoms with E-state index >= 15 is 0 Å². The van der Waals surface area contributed by atoms with Gasteiger partial charge in [-0.3, -0.25) is 4.79 Å². The number of ether oxygens (including phenoxy) is 1. The fraction of sp³-hybridized carbons (Fsp3) is 0.100. The number of hydrogen-bond donors (Lipinski definition) is 0. The Balaban J connectivity index is 2.78. The molecule has 0 saturated carbocycles. The lowest BCUT2D eigenvalue weighted by molar-refractivity contribution is 0.112.